The summed E-state index contributed by atoms with van der Waals surface area (Å²) in [6.45, 7) is 6.45. The number of aryl methyl sites for hydroxylation is 1. The van der Waals surface area contributed by atoms with Crippen LogP contribution in [0.2, 0.25) is 0 Å². The van der Waals surface area contributed by atoms with Crippen molar-refractivity contribution in [2.45, 2.75) is 38.3 Å². The number of nitrogens with zero attached hydrogens (tertiary/aromatic N) is 1. The number of piperidine rings is 1. The molecule has 17 heavy (non-hydrogen) atoms. The number of aliphatic hydroxyl groups is 1. The van der Waals surface area contributed by atoms with Gasteiger partial charge >= 0.3 is 0 Å². The highest BCUT2D eigenvalue weighted by Gasteiger charge is 2.32. The Bertz CT molecular complexity index is 375. The van der Waals surface area contributed by atoms with Crippen LogP contribution in [-0.4, -0.2) is 35.2 Å². The summed E-state index contributed by atoms with van der Waals surface area (Å²) in [7, 11) is 0. The molecule has 0 spiro atoms. The van der Waals surface area contributed by atoms with Crippen LogP contribution in [0.1, 0.15) is 36.2 Å². The predicted octanol–water partition coefficient (Wildman–Crippen LogP) is 1.90. The summed E-state index contributed by atoms with van der Waals surface area (Å²) in [5.74, 6) is 0. The highest BCUT2D eigenvalue weighted by atomic mass is 32.1. The van der Waals surface area contributed by atoms with Crippen LogP contribution in [0, 0.1) is 6.92 Å². The van der Waals surface area contributed by atoms with E-state index in [2.05, 4.69) is 23.3 Å². The topological polar surface area (TPSA) is 49.5 Å². The van der Waals surface area contributed by atoms with Crippen LogP contribution in [0.5, 0.6) is 0 Å². The third kappa shape index (κ3) is 2.88. The third-order valence-electron chi connectivity index (χ3n) is 3.57. The average Bonchev–Trinajstić information content (AvgIpc) is 2.65. The molecule has 1 aliphatic heterocycles. The molecule has 2 rings (SSSR count). The lowest BCUT2D eigenvalue weighted by atomic mass is 9.93. The molecule has 3 nitrogen and oxygen atoms in total. The molecule has 0 aromatic carbocycles. The van der Waals surface area contributed by atoms with Gasteiger partial charge in [0.15, 0.2) is 0 Å². The predicted molar refractivity (Wildman–Crippen MR) is 72.3 cm³/mol. The van der Waals surface area contributed by atoms with Gasteiger partial charge in [-0.05, 0) is 50.2 Å². The second kappa shape index (κ2) is 5.06. The molecule has 0 aliphatic carbocycles. The maximum absolute atomic E-state index is 10.2. The zero-order valence-corrected chi connectivity index (χ0v) is 11.5. The largest absolute Gasteiger partial charge is 0.389 e. The van der Waals surface area contributed by atoms with E-state index in [9.17, 15) is 5.11 Å². The summed E-state index contributed by atoms with van der Waals surface area (Å²) >= 11 is 1.77. The molecule has 1 fully saturated rings. The number of rotatable bonds is 3. The van der Waals surface area contributed by atoms with Gasteiger partial charge in [-0.2, -0.15) is 0 Å². The minimum absolute atomic E-state index is 0.266. The van der Waals surface area contributed by atoms with Gasteiger partial charge in [0.25, 0.3) is 0 Å². The molecule has 2 unspecified atom stereocenters. The zero-order valence-electron chi connectivity index (χ0n) is 10.6. The lowest BCUT2D eigenvalue weighted by molar-refractivity contribution is -0.0289. The van der Waals surface area contributed by atoms with Crippen molar-refractivity contribution in [2.75, 3.05) is 19.6 Å². The van der Waals surface area contributed by atoms with Crippen LogP contribution in [0.3, 0.4) is 0 Å². The summed E-state index contributed by atoms with van der Waals surface area (Å²) in [6.07, 6.45) is 1.94. The molecule has 0 saturated carbocycles. The Morgan fingerprint density at radius 3 is 2.94 bits per heavy atom. The van der Waals surface area contributed by atoms with E-state index in [4.69, 9.17) is 5.73 Å². The van der Waals surface area contributed by atoms with Crippen molar-refractivity contribution in [3.8, 4) is 0 Å². The minimum Gasteiger partial charge on any atom is -0.389 e. The molecule has 0 bridgehead atoms. The fraction of sp³-hybridized carbons (Fsp3) is 0.692. The van der Waals surface area contributed by atoms with E-state index in [-0.39, 0.29) is 6.04 Å². The van der Waals surface area contributed by atoms with Crippen molar-refractivity contribution in [2.24, 2.45) is 5.73 Å². The molecule has 1 aliphatic rings. The van der Waals surface area contributed by atoms with Crippen molar-refractivity contribution < 1.29 is 5.11 Å². The first kappa shape index (κ1) is 13.0. The van der Waals surface area contributed by atoms with Gasteiger partial charge in [0, 0.05) is 18.0 Å². The number of hydrogen-bond acceptors (Lipinski definition) is 4. The fourth-order valence-electron chi connectivity index (χ4n) is 2.67. The normalized spacial score (nSPS) is 28.2. The molecular formula is C13H22N2OS. The van der Waals surface area contributed by atoms with Gasteiger partial charge in [-0.3, -0.25) is 4.90 Å². The van der Waals surface area contributed by atoms with Crippen molar-refractivity contribution in [3.63, 3.8) is 0 Å². The van der Waals surface area contributed by atoms with Gasteiger partial charge in [-0.1, -0.05) is 0 Å². The third-order valence-corrected chi connectivity index (χ3v) is 4.69. The highest BCUT2D eigenvalue weighted by molar-refractivity contribution is 7.10. The molecule has 3 N–H and O–H groups in total. The van der Waals surface area contributed by atoms with Crippen LogP contribution in [0.25, 0.3) is 0 Å². The first-order valence-corrected chi connectivity index (χ1v) is 7.12. The van der Waals surface area contributed by atoms with Crippen LogP contribution >= 0.6 is 11.3 Å². The van der Waals surface area contributed by atoms with E-state index in [1.54, 1.807) is 11.3 Å². The first-order valence-electron chi connectivity index (χ1n) is 6.24. The summed E-state index contributed by atoms with van der Waals surface area (Å²) in [4.78, 5) is 3.69. The molecule has 1 aromatic rings. The Labute approximate surface area is 107 Å². The van der Waals surface area contributed by atoms with Crippen LogP contribution < -0.4 is 5.73 Å². The van der Waals surface area contributed by atoms with Crippen molar-refractivity contribution in [1.82, 2.24) is 4.90 Å². The van der Waals surface area contributed by atoms with Crippen molar-refractivity contribution >= 4 is 11.3 Å². The van der Waals surface area contributed by atoms with E-state index in [1.165, 1.54) is 10.4 Å². The summed E-state index contributed by atoms with van der Waals surface area (Å²) in [6, 6.07) is 2.41. The number of thiophene rings is 1. The molecule has 4 heteroatoms. The van der Waals surface area contributed by atoms with E-state index in [0.29, 0.717) is 6.54 Å². The van der Waals surface area contributed by atoms with Crippen LogP contribution in [-0.2, 0) is 0 Å². The van der Waals surface area contributed by atoms with Gasteiger partial charge in [0.1, 0.15) is 0 Å². The molecule has 1 saturated heterocycles. The molecule has 2 atom stereocenters. The second-order valence-electron chi connectivity index (χ2n) is 5.29. The molecule has 2 heterocycles. The monoisotopic (exact) mass is 254 g/mol. The Balaban J connectivity index is 2.16. The lowest BCUT2D eigenvalue weighted by Gasteiger charge is -2.41. The minimum atomic E-state index is -0.559. The number of likely N-dealkylation sites (tertiary alicyclic amines) is 1. The second-order valence-corrected chi connectivity index (χ2v) is 6.24. The Morgan fingerprint density at radius 2 is 2.41 bits per heavy atom. The smallest absolute Gasteiger partial charge is 0.0746 e. The number of β-amino-alcohol motifs (C(OH)–C–C–N with tert-alkyl or cyclic N) is 1. The fourth-order valence-corrected chi connectivity index (χ4v) is 3.75. The molecular weight excluding hydrogens is 232 g/mol. The maximum atomic E-state index is 10.2. The Hall–Kier alpha value is -0.420. The number of nitrogens with two attached hydrogens (primary N) is 1. The van der Waals surface area contributed by atoms with Crippen molar-refractivity contribution in [3.05, 3.63) is 21.9 Å². The molecule has 0 radical (unpaired) electrons. The van der Waals surface area contributed by atoms with Crippen LogP contribution in [0.4, 0.5) is 0 Å². The Kier molecular flexibility index (Phi) is 3.88. The van der Waals surface area contributed by atoms with Gasteiger partial charge in [0.2, 0.25) is 0 Å². The molecule has 0 amide bonds. The Morgan fingerprint density at radius 1 is 1.65 bits per heavy atom. The maximum Gasteiger partial charge on any atom is 0.0746 e. The first-order chi connectivity index (χ1) is 8.03. The standard InChI is InChI=1S/C13H22N2OS/c1-10-4-7-17-12(10)11(8-14)15-6-3-5-13(2,16)9-15/h4,7,11,16H,3,5-6,8-9,14H2,1-2H3. The van der Waals surface area contributed by atoms with Gasteiger partial charge in [0.05, 0.1) is 11.6 Å². The summed E-state index contributed by atoms with van der Waals surface area (Å²) in [5, 5.41) is 12.3. The van der Waals surface area contributed by atoms with E-state index >= 15 is 0 Å². The number of hydrogen-bond donors (Lipinski definition) is 2. The zero-order chi connectivity index (χ0) is 12.5. The molecule has 96 valence electrons. The van der Waals surface area contributed by atoms with Crippen molar-refractivity contribution in [1.29, 1.82) is 0 Å². The van der Waals surface area contributed by atoms with E-state index < -0.39 is 5.60 Å². The SMILES string of the molecule is Cc1ccsc1C(CN)N1CCCC(C)(O)C1. The quantitative estimate of drug-likeness (QED) is 0.866. The van der Waals surface area contributed by atoms with E-state index in [1.807, 2.05) is 6.92 Å². The lowest BCUT2D eigenvalue weighted by Crippen LogP contribution is -2.48. The summed E-state index contributed by atoms with van der Waals surface area (Å²) in [5.41, 5.74) is 6.69. The van der Waals surface area contributed by atoms with Crippen LogP contribution in [0.15, 0.2) is 11.4 Å². The van der Waals surface area contributed by atoms with E-state index in [0.717, 1.165) is 25.9 Å². The van der Waals surface area contributed by atoms with Gasteiger partial charge in [-0.15, -0.1) is 11.3 Å². The highest BCUT2D eigenvalue weighted by Crippen LogP contribution is 2.32. The van der Waals surface area contributed by atoms with Gasteiger partial charge < -0.3 is 10.8 Å². The molecule has 1 aromatic heterocycles. The van der Waals surface area contributed by atoms with Gasteiger partial charge in [-0.25, -0.2) is 0 Å². The summed E-state index contributed by atoms with van der Waals surface area (Å²) < 4.78 is 0. The average molecular weight is 254 g/mol.